The molecule has 0 aromatic heterocycles. The van der Waals surface area contributed by atoms with Gasteiger partial charge in [0.05, 0.1) is 17.9 Å². The van der Waals surface area contributed by atoms with E-state index in [1.54, 1.807) is 39.8 Å². The zero-order valence-corrected chi connectivity index (χ0v) is 18.9. The topological polar surface area (TPSA) is 108 Å². The standard InChI is InChI=1S/C24H28O8/c1-7-11(2)20(26)30-17-12(3)14-8-9-15(25)24(14,6)19(32-22(28)23(5)10-29-23)16-13(4)21(27)31-18(16)17/h7-9,12,14,16-19H,4,10H2,1-3,5-6H3/b11-7-/t12-,14-,16+,17+,18-,19-,23-,24-/m0/s1. The third kappa shape index (κ3) is 3.15. The number of carbonyl (C=O) groups excluding carboxylic acids is 4. The van der Waals surface area contributed by atoms with Crippen molar-refractivity contribution in [2.24, 2.45) is 23.2 Å². The Morgan fingerprint density at radius 2 is 1.91 bits per heavy atom. The smallest absolute Gasteiger partial charge is 0.340 e. The van der Waals surface area contributed by atoms with Crippen molar-refractivity contribution in [3.63, 3.8) is 0 Å². The number of esters is 3. The molecule has 0 amide bonds. The van der Waals surface area contributed by atoms with Crippen LogP contribution in [0.4, 0.5) is 0 Å². The van der Waals surface area contributed by atoms with Crippen molar-refractivity contribution in [1.29, 1.82) is 0 Å². The zero-order chi connectivity index (χ0) is 23.6. The van der Waals surface area contributed by atoms with Gasteiger partial charge in [-0.3, -0.25) is 4.79 Å². The summed E-state index contributed by atoms with van der Waals surface area (Å²) in [4.78, 5) is 51.2. The summed E-state index contributed by atoms with van der Waals surface area (Å²) in [5, 5.41) is 0. The number of hydrogen-bond donors (Lipinski definition) is 0. The fourth-order valence-electron chi connectivity index (χ4n) is 5.07. The van der Waals surface area contributed by atoms with Crippen LogP contribution in [0, 0.1) is 23.2 Å². The van der Waals surface area contributed by atoms with Crippen LogP contribution >= 0.6 is 0 Å². The van der Waals surface area contributed by atoms with E-state index in [1.165, 1.54) is 6.08 Å². The minimum atomic E-state index is -1.18. The Bertz CT molecular complexity index is 970. The van der Waals surface area contributed by atoms with E-state index in [4.69, 9.17) is 18.9 Å². The fraction of sp³-hybridized carbons (Fsp3) is 0.583. The Kier molecular flexibility index (Phi) is 5.19. The molecule has 8 heteroatoms. The molecule has 8 atom stereocenters. The van der Waals surface area contributed by atoms with Gasteiger partial charge in [0.25, 0.3) is 0 Å². The lowest BCUT2D eigenvalue weighted by Crippen LogP contribution is -2.50. The monoisotopic (exact) mass is 444 g/mol. The highest BCUT2D eigenvalue weighted by Crippen LogP contribution is 2.55. The molecule has 0 spiro atoms. The van der Waals surface area contributed by atoms with Gasteiger partial charge in [-0.1, -0.05) is 25.7 Å². The molecule has 8 nitrogen and oxygen atoms in total. The summed E-state index contributed by atoms with van der Waals surface area (Å²) in [5.41, 5.74) is -1.76. The van der Waals surface area contributed by atoms with E-state index >= 15 is 0 Å². The predicted octanol–water partition coefficient (Wildman–Crippen LogP) is 2.07. The van der Waals surface area contributed by atoms with Crippen LogP contribution in [0.3, 0.4) is 0 Å². The van der Waals surface area contributed by atoms with Gasteiger partial charge in [0.15, 0.2) is 11.4 Å². The van der Waals surface area contributed by atoms with Gasteiger partial charge >= 0.3 is 17.9 Å². The number of fused-ring (bicyclic) bond motifs is 2. The molecule has 0 aromatic rings. The summed E-state index contributed by atoms with van der Waals surface area (Å²) in [6, 6.07) is 0. The summed E-state index contributed by atoms with van der Waals surface area (Å²) in [5.74, 6) is -3.70. The lowest BCUT2D eigenvalue weighted by molar-refractivity contribution is -0.171. The SMILES string of the molecule is C=C1C(=O)O[C@@H]2[C@H](OC(=O)/C(C)=C\C)[C@@H](C)[C@@H]3C=CC(=O)[C@@]3(C)[C@@H](OC(=O)[C@]3(C)CO3)[C@H]12. The normalized spacial score (nSPS) is 42.7. The van der Waals surface area contributed by atoms with E-state index in [1.807, 2.05) is 6.92 Å². The molecule has 0 radical (unpaired) electrons. The maximum absolute atomic E-state index is 13.2. The average Bonchev–Trinajstić information content (AvgIpc) is 3.37. The van der Waals surface area contributed by atoms with Gasteiger partial charge in [-0.05, 0) is 39.7 Å². The number of epoxide rings is 1. The molecule has 32 heavy (non-hydrogen) atoms. The van der Waals surface area contributed by atoms with E-state index in [2.05, 4.69) is 6.58 Å². The Labute approximate surface area is 186 Å². The third-order valence-electron chi connectivity index (χ3n) is 7.51. The Balaban J connectivity index is 1.81. The van der Waals surface area contributed by atoms with Crippen molar-refractivity contribution < 1.29 is 38.1 Å². The molecule has 4 rings (SSSR count). The molecular formula is C24H28O8. The highest BCUT2D eigenvalue weighted by Gasteiger charge is 2.66. The lowest BCUT2D eigenvalue weighted by atomic mass is 9.67. The molecule has 0 unspecified atom stereocenters. The number of ether oxygens (including phenoxy) is 4. The molecule has 3 fully saturated rings. The first-order valence-corrected chi connectivity index (χ1v) is 10.8. The molecular weight excluding hydrogens is 416 g/mol. The van der Waals surface area contributed by atoms with Crippen molar-refractivity contribution >= 4 is 23.7 Å². The van der Waals surface area contributed by atoms with E-state index in [0.29, 0.717) is 5.57 Å². The summed E-state index contributed by atoms with van der Waals surface area (Å²) < 4.78 is 22.6. The van der Waals surface area contributed by atoms with Crippen LogP contribution in [-0.4, -0.2) is 54.2 Å². The number of ketones is 1. The van der Waals surface area contributed by atoms with Crippen LogP contribution < -0.4 is 0 Å². The Morgan fingerprint density at radius 1 is 1.25 bits per heavy atom. The second kappa shape index (κ2) is 7.40. The van der Waals surface area contributed by atoms with Gasteiger partial charge in [-0.25, -0.2) is 14.4 Å². The van der Waals surface area contributed by atoms with Crippen molar-refractivity contribution in [1.82, 2.24) is 0 Å². The summed E-state index contributed by atoms with van der Waals surface area (Å²) in [6.45, 7) is 12.6. The van der Waals surface area contributed by atoms with Crippen LogP contribution in [0.5, 0.6) is 0 Å². The fourth-order valence-corrected chi connectivity index (χ4v) is 5.07. The van der Waals surface area contributed by atoms with Crippen LogP contribution in [0.2, 0.25) is 0 Å². The van der Waals surface area contributed by atoms with E-state index in [9.17, 15) is 19.2 Å². The van der Waals surface area contributed by atoms with E-state index in [-0.39, 0.29) is 18.0 Å². The molecule has 2 saturated heterocycles. The first-order chi connectivity index (χ1) is 15.0. The second-order valence-electron chi connectivity index (χ2n) is 9.50. The van der Waals surface area contributed by atoms with Crippen molar-refractivity contribution in [3.8, 4) is 0 Å². The minimum Gasteiger partial charge on any atom is -0.458 e. The molecule has 2 aliphatic carbocycles. The molecule has 0 bridgehead atoms. The van der Waals surface area contributed by atoms with Crippen molar-refractivity contribution in [2.75, 3.05) is 6.61 Å². The Morgan fingerprint density at radius 3 is 2.50 bits per heavy atom. The largest absolute Gasteiger partial charge is 0.458 e. The summed E-state index contributed by atoms with van der Waals surface area (Å²) in [7, 11) is 0. The van der Waals surface area contributed by atoms with Crippen LogP contribution in [0.15, 0.2) is 36.0 Å². The number of hydrogen-bond acceptors (Lipinski definition) is 8. The molecule has 4 aliphatic rings. The molecule has 0 aromatic carbocycles. The summed E-state index contributed by atoms with van der Waals surface area (Å²) >= 11 is 0. The number of carbonyl (C=O) groups is 4. The highest BCUT2D eigenvalue weighted by molar-refractivity contribution is 5.99. The van der Waals surface area contributed by atoms with Gasteiger partial charge in [0.1, 0.15) is 18.3 Å². The maximum Gasteiger partial charge on any atom is 0.340 e. The van der Waals surface area contributed by atoms with Gasteiger partial charge in [-0.15, -0.1) is 0 Å². The molecule has 0 N–H and O–H groups in total. The van der Waals surface area contributed by atoms with E-state index in [0.717, 1.165) is 0 Å². The average molecular weight is 444 g/mol. The maximum atomic E-state index is 13.2. The van der Waals surface area contributed by atoms with Crippen LogP contribution in [-0.2, 0) is 38.1 Å². The van der Waals surface area contributed by atoms with Gasteiger partial charge in [0, 0.05) is 17.1 Å². The lowest BCUT2D eigenvalue weighted by Gasteiger charge is -2.39. The number of rotatable bonds is 4. The molecule has 172 valence electrons. The Hall–Kier alpha value is -2.74. The second-order valence-corrected chi connectivity index (χ2v) is 9.50. The van der Waals surface area contributed by atoms with E-state index < -0.39 is 65.0 Å². The quantitative estimate of drug-likeness (QED) is 0.281. The van der Waals surface area contributed by atoms with Gasteiger partial charge in [-0.2, -0.15) is 0 Å². The predicted molar refractivity (Wildman–Crippen MR) is 111 cm³/mol. The molecule has 2 aliphatic heterocycles. The summed E-state index contributed by atoms with van der Waals surface area (Å²) in [6.07, 6.45) is 2.02. The zero-order valence-electron chi connectivity index (χ0n) is 18.9. The molecule has 1 saturated carbocycles. The van der Waals surface area contributed by atoms with Gasteiger partial charge in [0.2, 0.25) is 0 Å². The van der Waals surface area contributed by atoms with Crippen LogP contribution in [0.25, 0.3) is 0 Å². The first-order valence-electron chi connectivity index (χ1n) is 10.8. The van der Waals surface area contributed by atoms with Crippen molar-refractivity contribution in [3.05, 3.63) is 36.0 Å². The molecule has 2 heterocycles. The van der Waals surface area contributed by atoms with Gasteiger partial charge < -0.3 is 18.9 Å². The third-order valence-corrected chi connectivity index (χ3v) is 7.51. The van der Waals surface area contributed by atoms with Crippen LogP contribution in [0.1, 0.15) is 34.6 Å². The minimum absolute atomic E-state index is 0.0900. The number of allylic oxidation sites excluding steroid dienone is 3. The van der Waals surface area contributed by atoms with Crippen molar-refractivity contribution in [2.45, 2.75) is 58.5 Å². The highest BCUT2D eigenvalue weighted by atomic mass is 16.6. The first kappa shape index (κ1) is 22.5.